The zero-order valence-corrected chi connectivity index (χ0v) is 35.6. The fourth-order valence-electron chi connectivity index (χ4n) is 6.92. The lowest BCUT2D eigenvalue weighted by molar-refractivity contribution is -0.142. The Morgan fingerprint density at radius 1 is 0.774 bits per heavy atom. The highest BCUT2D eigenvalue weighted by molar-refractivity contribution is 5.96. The van der Waals surface area contributed by atoms with Crippen LogP contribution < -0.4 is 31.9 Å². The third-order valence-electron chi connectivity index (χ3n) is 11.1. The van der Waals surface area contributed by atoms with Crippen LogP contribution >= 0.6 is 0 Å². The van der Waals surface area contributed by atoms with Gasteiger partial charge in [-0.15, -0.1) is 0 Å². The Morgan fingerprint density at radius 3 is 2.00 bits per heavy atom. The Kier molecular flexibility index (Phi) is 18.1. The van der Waals surface area contributed by atoms with Gasteiger partial charge in [0.1, 0.15) is 47.8 Å². The minimum atomic E-state index is -1.40. The van der Waals surface area contributed by atoms with Gasteiger partial charge in [0.2, 0.25) is 29.5 Å². The number of nitrogens with zero attached hydrogens (tertiary/aromatic N) is 1. The Labute approximate surface area is 361 Å². The Bertz CT molecular complexity index is 2000. The maximum Gasteiger partial charge on any atom is 0.326 e. The van der Waals surface area contributed by atoms with Gasteiger partial charge in [0.15, 0.2) is 0 Å². The Hall–Kier alpha value is -6.65. The summed E-state index contributed by atoms with van der Waals surface area (Å²) in [5, 5.41) is 45.6. The van der Waals surface area contributed by atoms with E-state index in [2.05, 4.69) is 31.9 Å². The van der Waals surface area contributed by atoms with Crippen LogP contribution in [-0.4, -0.2) is 112 Å². The molecular weight excluding hydrogens is 799 g/mol. The van der Waals surface area contributed by atoms with Crippen molar-refractivity contribution >= 4 is 41.5 Å². The molecule has 1 saturated heterocycles. The van der Waals surface area contributed by atoms with Gasteiger partial charge in [-0.1, -0.05) is 74.9 Å². The standard InChI is InChI=1S/C45H59N7O10/c1-5-27(2)38-42(58)47-35(23-18-29-14-19-32(53)20-15-29)43(59)52(4)28(3)39(55)48-36(25-30-11-7-6-8-12-30)40(56)46-24-10-9-13-34(41(57)51-38)49-45(62)50-37(44(60)61)26-31-16-21-33(54)22-17-31/h6-8,11-12,14-17,19-22,27-28,34-38,53-54H,5,9-10,13,18,23-26H2,1-4H3,(H,46,56)(H,47,58)(H,48,55)(H,51,57)(H,60,61)(H2,49,50,62)/t27-,28+,34?,35?,36+,37+,38+/m1/s1. The molecular formula is C45H59N7O10. The molecule has 0 aliphatic carbocycles. The average molecular weight is 858 g/mol. The summed E-state index contributed by atoms with van der Waals surface area (Å²) < 4.78 is 0. The van der Waals surface area contributed by atoms with E-state index in [0.717, 1.165) is 11.1 Å². The van der Waals surface area contributed by atoms with Crippen molar-refractivity contribution < 1.29 is 48.9 Å². The molecule has 9 N–H and O–H groups in total. The van der Waals surface area contributed by atoms with Crippen LogP contribution in [0.25, 0.3) is 0 Å². The Balaban J connectivity index is 1.65. The number of carboxylic acids is 1. The number of carbonyl (C=O) groups excluding carboxylic acids is 6. The van der Waals surface area contributed by atoms with E-state index in [0.29, 0.717) is 24.8 Å². The van der Waals surface area contributed by atoms with E-state index in [1.807, 2.05) is 37.3 Å². The zero-order valence-electron chi connectivity index (χ0n) is 35.6. The van der Waals surface area contributed by atoms with E-state index in [1.54, 1.807) is 19.1 Å². The number of hydrogen-bond donors (Lipinski definition) is 9. The first-order valence-electron chi connectivity index (χ1n) is 20.9. The number of hydrogen-bond acceptors (Lipinski definition) is 9. The van der Waals surface area contributed by atoms with Gasteiger partial charge in [-0.25, -0.2) is 9.59 Å². The van der Waals surface area contributed by atoms with Crippen molar-refractivity contribution in [1.82, 2.24) is 36.8 Å². The van der Waals surface area contributed by atoms with Gasteiger partial charge in [0, 0.05) is 26.4 Å². The van der Waals surface area contributed by atoms with Crippen molar-refractivity contribution in [3.63, 3.8) is 0 Å². The molecule has 17 nitrogen and oxygen atoms in total. The number of nitrogens with one attached hydrogen (secondary N) is 6. The second-order valence-corrected chi connectivity index (χ2v) is 15.7. The maximum absolute atomic E-state index is 14.3. The predicted octanol–water partition coefficient (Wildman–Crippen LogP) is 2.28. The first-order chi connectivity index (χ1) is 29.6. The van der Waals surface area contributed by atoms with Gasteiger partial charge in [-0.3, -0.25) is 24.0 Å². The lowest BCUT2D eigenvalue weighted by atomic mass is 9.96. The van der Waals surface area contributed by atoms with E-state index in [1.165, 1.54) is 55.3 Å². The van der Waals surface area contributed by atoms with Gasteiger partial charge >= 0.3 is 12.0 Å². The summed E-state index contributed by atoms with van der Waals surface area (Å²) in [6.07, 6.45) is 1.49. The molecule has 17 heteroatoms. The first kappa shape index (κ1) is 48.0. The summed E-state index contributed by atoms with van der Waals surface area (Å²) in [5.41, 5.74) is 2.06. The fraction of sp³-hybridized carbons (Fsp3) is 0.444. The summed E-state index contributed by atoms with van der Waals surface area (Å²) in [4.78, 5) is 96.7. The summed E-state index contributed by atoms with van der Waals surface area (Å²) in [5.74, 6) is -4.84. The predicted molar refractivity (Wildman–Crippen MR) is 230 cm³/mol. The van der Waals surface area contributed by atoms with Crippen LogP contribution in [-0.2, 0) is 48.0 Å². The molecule has 1 heterocycles. The SMILES string of the molecule is CC[C@@H](C)[C@@H]1NC(=O)C(NC(=O)N[C@@H](Cc2ccc(O)cc2)C(=O)O)CCCCNC(=O)[C@H](Cc2ccccc2)NC(=O)[C@H](C)N(C)C(=O)C(CCc2ccc(O)cc2)NC1=O. The molecule has 0 saturated carbocycles. The number of carboxylic acid groups (broad SMARTS) is 1. The van der Waals surface area contributed by atoms with Crippen LogP contribution in [0.1, 0.15) is 69.6 Å². The number of aliphatic carboxylic acids is 1. The van der Waals surface area contributed by atoms with E-state index < -0.39 is 83.7 Å². The van der Waals surface area contributed by atoms with E-state index in [4.69, 9.17) is 0 Å². The van der Waals surface area contributed by atoms with Crippen molar-refractivity contribution in [2.75, 3.05) is 13.6 Å². The second kappa shape index (κ2) is 23.4. The molecule has 0 radical (unpaired) electrons. The van der Waals surface area contributed by atoms with Crippen molar-refractivity contribution in [3.8, 4) is 11.5 Å². The molecule has 4 rings (SSSR count). The molecule has 7 amide bonds. The van der Waals surface area contributed by atoms with Crippen LogP contribution in [0, 0.1) is 5.92 Å². The zero-order chi connectivity index (χ0) is 45.3. The monoisotopic (exact) mass is 857 g/mol. The molecule has 1 aliphatic heterocycles. The van der Waals surface area contributed by atoms with Gasteiger partial charge in [0.25, 0.3) is 0 Å². The number of rotatable bonds is 12. The van der Waals surface area contributed by atoms with Gasteiger partial charge < -0.3 is 52.1 Å². The normalized spacial score (nSPS) is 22.0. The first-order valence-corrected chi connectivity index (χ1v) is 20.9. The van der Waals surface area contributed by atoms with Crippen LogP contribution in [0.15, 0.2) is 78.9 Å². The summed E-state index contributed by atoms with van der Waals surface area (Å²) in [7, 11) is 1.43. The van der Waals surface area contributed by atoms with Crippen molar-refractivity contribution in [1.29, 1.82) is 0 Å². The minimum Gasteiger partial charge on any atom is -0.508 e. The number of likely N-dealkylation sites (N-methyl/N-ethyl adjacent to an activating group) is 1. The highest BCUT2D eigenvalue weighted by atomic mass is 16.4. The maximum atomic E-state index is 14.3. The van der Waals surface area contributed by atoms with E-state index >= 15 is 0 Å². The van der Waals surface area contributed by atoms with E-state index in [-0.39, 0.29) is 50.1 Å². The number of phenolic OH excluding ortho intramolecular Hbond substituents is 2. The second-order valence-electron chi connectivity index (χ2n) is 15.7. The van der Waals surface area contributed by atoms with Gasteiger partial charge in [-0.2, -0.15) is 0 Å². The lowest BCUT2D eigenvalue weighted by Gasteiger charge is -2.32. The Morgan fingerprint density at radius 2 is 1.39 bits per heavy atom. The molecule has 62 heavy (non-hydrogen) atoms. The molecule has 334 valence electrons. The highest BCUT2D eigenvalue weighted by Crippen LogP contribution is 2.17. The topological polar surface area (TPSA) is 256 Å². The number of aryl methyl sites for hydroxylation is 1. The third-order valence-corrected chi connectivity index (χ3v) is 11.1. The number of aromatic hydroxyl groups is 2. The molecule has 0 bridgehead atoms. The summed E-state index contributed by atoms with van der Waals surface area (Å²) in [6, 6.07) is 13.2. The number of carbonyl (C=O) groups is 7. The number of phenols is 2. The van der Waals surface area contributed by atoms with E-state index in [9.17, 15) is 48.9 Å². The molecule has 3 aromatic carbocycles. The fourth-order valence-corrected chi connectivity index (χ4v) is 6.92. The highest BCUT2D eigenvalue weighted by Gasteiger charge is 2.36. The van der Waals surface area contributed by atoms with Crippen LogP contribution in [0.5, 0.6) is 11.5 Å². The third kappa shape index (κ3) is 14.5. The van der Waals surface area contributed by atoms with Gasteiger partial charge in [-0.05, 0) is 85.9 Å². The number of urea groups is 1. The number of amides is 7. The largest absolute Gasteiger partial charge is 0.508 e. The van der Waals surface area contributed by atoms with Crippen LogP contribution in [0.4, 0.5) is 4.79 Å². The van der Waals surface area contributed by atoms with Crippen LogP contribution in [0.2, 0.25) is 0 Å². The average Bonchev–Trinajstić information content (AvgIpc) is 3.25. The summed E-state index contributed by atoms with van der Waals surface area (Å²) >= 11 is 0. The molecule has 0 spiro atoms. The lowest BCUT2D eigenvalue weighted by Crippen LogP contribution is -2.60. The van der Waals surface area contributed by atoms with Crippen molar-refractivity contribution in [2.45, 2.75) is 108 Å². The van der Waals surface area contributed by atoms with Crippen molar-refractivity contribution in [3.05, 3.63) is 95.6 Å². The van der Waals surface area contributed by atoms with Crippen LogP contribution in [0.3, 0.4) is 0 Å². The molecule has 1 fully saturated rings. The molecule has 2 unspecified atom stereocenters. The number of benzene rings is 3. The molecule has 1 aliphatic rings. The van der Waals surface area contributed by atoms with Gasteiger partial charge in [0.05, 0.1) is 0 Å². The quantitative estimate of drug-likeness (QED) is 0.129. The molecule has 3 aromatic rings. The van der Waals surface area contributed by atoms with Crippen molar-refractivity contribution in [2.24, 2.45) is 5.92 Å². The molecule has 7 atom stereocenters. The molecule has 0 aromatic heterocycles. The smallest absolute Gasteiger partial charge is 0.326 e. The minimum absolute atomic E-state index is 0.0141. The summed E-state index contributed by atoms with van der Waals surface area (Å²) in [6.45, 7) is 5.23.